The van der Waals surface area contributed by atoms with Gasteiger partial charge in [-0.25, -0.2) is 0 Å². The van der Waals surface area contributed by atoms with Crippen LogP contribution >= 0.6 is 15.9 Å². The number of nitriles is 1. The van der Waals surface area contributed by atoms with Crippen LogP contribution in [0.2, 0.25) is 0 Å². The number of carbonyl (C=O) groups is 1. The molecule has 0 saturated carbocycles. The Morgan fingerprint density at radius 3 is 2.56 bits per heavy atom. The monoisotopic (exact) mass is 321 g/mol. The van der Waals surface area contributed by atoms with E-state index in [4.69, 9.17) is 5.26 Å². The lowest BCUT2D eigenvalue weighted by molar-refractivity contribution is -0.141. The van der Waals surface area contributed by atoms with Crippen molar-refractivity contribution in [1.29, 1.82) is 5.26 Å². The summed E-state index contributed by atoms with van der Waals surface area (Å²) < 4.78 is 43.1. The number of carbonyl (C=O) groups excluding carboxylic acids is 1. The number of esters is 1. The molecule has 0 amide bonds. The Morgan fingerprint density at radius 2 is 2.11 bits per heavy atom. The van der Waals surface area contributed by atoms with Crippen molar-refractivity contribution in [3.8, 4) is 6.07 Å². The third-order valence-corrected chi connectivity index (χ3v) is 2.86. The Labute approximate surface area is 109 Å². The van der Waals surface area contributed by atoms with Crippen LogP contribution in [-0.4, -0.2) is 13.1 Å². The van der Waals surface area contributed by atoms with Gasteiger partial charge in [0.1, 0.15) is 6.07 Å². The van der Waals surface area contributed by atoms with Crippen molar-refractivity contribution in [2.24, 2.45) is 0 Å². The van der Waals surface area contributed by atoms with Crippen LogP contribution < -0.4 is 0 Å². The van der Waals surface area contributed by atoms with Gasteiger partial charge in [0.05, 0.1) is 24.7 Å². The van der Waals surface area contributed by atoms with Crippen molar-refractivity contribution in [2.75, 3.05) is 7.11 Å². The standard InChI is InChI=1S/C11H7BrF3NO2/c1-18-9(17)4-6-2-3-8(12)7(5-16)10(6)11(13,14)15/h2-3H,4H2,1H3. The average molecular weight is 322 g/mol. The van der Waals surface area contributed by atoms with E-state index >= 15 is 0 Å². The van der Waals surface area contributed by atoms with E-state index in [1.165, 1.54) is 12.1 Å². The molecule has 1 aromatic carbocycles. The third kappa shape index (κ3) is 3.01. The van der Waals surface area contributed by atoms with Crippen LogP contribution in [0.15, 0.2) is 16.6 Å². The average Bonchev–Trinajstić information content (AvgIpc) is 2.29. The molecule has 0 atom stereocenters. The first-order chi connectivity index (χ1) is 8.31. The molecule has 0 unspecified atom stereocenters. The highest BCUT2D eigenvalue weighted by atomic mass is 79.9. The number of hydrogen-bond donors (Lipinski definition) is 0. The minimum atomic E-state index is -4.71. The quantitative estimate of drug-likeness (QED) is 0.787. The molecule has 0 bridgehead atoms. The molecular formula is C11H7BrF3NO2. The van der Waals surface area contributed by atoms with Gasteiger partial charge in [0.25, 0.3) is 0 Å². The summed E-state index contributed by atoms with van der Waals surface area (Å²) >= 11 is 2.88. The number of benzene rings is 1. The molecule has 0 aliphatic rings. The predicted octanol–water partition coefficient (Wildman–Crippen LogP) is 3.06. The largest absolute Gasteiger partial charge is 0.469 e. The molecule has 0 N–H and O–H groups in total. The summed E-state index contributed by atoms with van der Waals surface area (Å²) in [5.41, 5.74) is -1.93. The van der Waals surface area contributed by atoms with Gasteiger partial charge in [-0.2, -0.15) is 18.4 Å². The fourth-order valence-corrected chi connectivity index (χ4v) is 1.85. The molecule has 96 valence electrons. The normalized spacial score (nSPS) is 10.9. The third-order valence-electron chi connectivity index (χ3n) is 2.20. The summed E-state index contributed by atoms with van der Waals surface area (Å²) in [5.74, 6) is -0.799. The predicted molar refractivity (Wildman–Crippen MR) is 59.6 cm³/mol. The van der Waals surface area contributed by atoms with E-state index in [0.29, 0.717) is 0 Å². The van der Waals surface area contributed by atoms with Crippen molar-refractivity contribution in [3.63, 3.8) is 0 Å². The molecule has 18 heavy (non-hydrogen) atoms. The van der Waals surface area contributed by atoms with Gasteiger partial charge in [0, 0.05) is 4.47 Å². The Balaban J connectivity index is 3.44. The second kappa shape index (κ2) is 5.40. The van der Waals surface area contributed by atoms with Crippen LogP contribution in [0.1, 0.15) is 16.7 Å². The molecule has 0 aromatic heterocycles. The lowest BCUT2D eigenvalue weighted by Gasteiger charge is -2.14. The molecule has 7 heteroatoms. The van der Waals surface area contributed by atoms with Crippen molar-refractivity contribution >= 4 is 21.9 Å². The number of rotatable bonds is 2. The van der Waals surface area contributed by atoms with Gasteiger partial charge in [-0.1, -0.05) is 6.07 Å². The first kappa shape index (κ1) is 14.5. The second-order valence-corrected chi connectivity index (χ2v) is 4.17. The molecule has 0 aliphatic heterocycles. The molecule has 0 fully saturated rings. The number of hydrogen-bond acceptors (Lipinski definition) is 3. The summed E-state index contributed by atoms with van der Waals surface area (Å²) in [5, 5.41) is 8.78. The summed E-state index contributed by atoms with van der Waals surface area (Å²) in [6.07, 6.45) is -5.24. The van der Waals surface area contributed by atoms with E-state index in [2.05, 4.69) is 20.7 Å². The topological polar surface area (TPSA) is 50.1 Å². The zero-order valence-electron chi connectivity index (χ0n) is 9.14. The molecule has 1 aromatic rings. The zero-order valence-corrected chi connectivity index (χ0v) is 10.7. The fourth-order valence-electron chi connectivity index (χ4n) is 1.43. The van der Waals surface area contributed by atoms with Crippen molar-refractivity contribution in [2.45, 2.75) is 12.6 Å². The van der Waals surface area contributed by atoms with Gasteiger partial charge in [-0.3, -0.25) is 4.79 Å². The lowest BCUT2D eigenvalue weighted by atomic mass is 9.99. The van der Waals surface area contributed by atoms with E-state index < -0.39 is 29.7 Å². The van der Waals surface area contributed by atoms with E-state index in [0.717, 1.165) is 13.2 Å². The maximum atomic E-state index is 12.9. The van der Waals surface area contributed by atoms with Crippen molar-refractivity contribution in [1.82, 2.24) is 0 Å². The van der Waals surface area contributed by atoms with Crippen LogP contribution in [0.5, 0.6) is 0 Å². The molecule has 1 rings (SSSR count). The minimum absolute atomic E-state index is 0.0333. The zero-order chi connectivity index (χ0) is 13.9. The van der Waals surface area contributed by atoms with Crippen LogP contribution in [0, 0.1) is 11.3 Å². The number of ether oxygens (including phenoxy) is 1. The van der Waals surface area contributed by atoms with Crippen molar-refractivity contribution < 1.29 is 22.7 Å². The molecular weight excluding hydrogens is 315 g/mol. The maximum absolute atomic E-state index is 12.9. The Bertz CT molecular complexity index is 520. The summed E-state index contributed by atoms with van der Waals surface area (Å²) in [6.45, 7) is 0. The minimum Gasteiger partial charge on any atom is -0.469 e. The van der Waals surface area contributed by atoms with Gasteiger partial charge in [-0.05, 0) is 27.6 Å². The molecule has 3 nitrogen and oxygen atoms in total. The smallest absolute Gasteiger partial charge is 0.418 e. The Kier molecular flexibility index (Phi) is 4.35. The molecule has 0 radical (unpaired) electrons. The van der Waals surface area contributed by atoms with Gasteiger partial charge >= 0.3 is 12.1 Å². The van der Waals surface area contributed by atoms with Crippen molar-refractivity contribution in [3.05, 3.63) is 33.3 Å². The highest BCUT2D eigenvalue weighted by Crippen LogP contribution is 2.37. The molecule has 0 spiro atoms. The summed E-state index contributed by atoms with van der Waals surface area (Å²) in [4.78, 5) is 11.1. The second-order valence-electron chi connectivity index (χ2n) is 3.32. The number of nitrogens with zero attached hydrogens (tertiary/aromatic N) is 1. The number of alkyl halides is 3. The summed E-state index contributed by atoms with van der Waals surface area (Å²) in [7, 11) is 1.08. The van der Waals surface area contributed by atoms with Crippen LogP contribution in [0.4, 0.5) is 13.2 Å². The molecule has 0 heterocycles. The summed E-state index contributed by atoms with van der Waals surface area (Å²) in [6, 6.07) is 3.92. The van der Waals surface area contributed by atoms with E-state index in [1.807, 2.05) is 0 Å². The van der Waals surface area contributed by atoms with E-state index in [1.54, 1.807) is 0 Å². The van der Waals surface area contributed by atoms with E-state index in [9.17, 15) is 18.0 Å². The van der Waals surface area contributed by atoms with Gasteiger partial charge in [-0.15, -0.1) is 0 Å². The fraction of sp³-hybridized carbons (Fsp3) is 0.273. The first-order valence-electron chi connectivity index (χ1n) is 4.66. The van der Waals surface area contributed by atoms with Gasteiger partial charge in [0.2, 0.25) is 0 Å². The van der Waals surface area contributed by atoms with Crippen LogP contribution in [-0.2, 0) is 22.1 Å². The number of methoxy groups -OCH3 is 1. The number of halogens is 4. The SMILES string of the molecule is COC(=O)Cc1ccc(Br)c(C#N)c1C(F)(F)F. The van der Waals surface area contributed by atoms with Gasteiger partial charge < -0.3 is 4.74 Å². The highest BCUT2D eigenvalue weighted by Gasteiger charge is 2.37. The highest BCUT2D eigenvalue weighted by molar-refractivity contribution is 9.10. The Morgan fingerprint density at radius 1 is 1.50 bits per heavy atom. The Hall–Kier alpha value is -1.55. The van der Waals surface area contributed by atoms with Crippen LogP contribution in [0.25, 0.3) is 0 Å². The first-order valence-corrected chi connectivity index (χ1v) is 5.46. The maximum Gasteiger partial charge on any atom is 0.418 e. The lowest BCUT2D eigenvalue weighted by Crippen LogP contribution is -2.15. The van der Waals surface area contributed by atoms with E-state index in [-0.39, 0.29) is 10.0 Å². The van der Waals surface area contributed by atoms with Gasteiger partial charge in [0.15, 0.2) is 0 Å². The molecule has 0 saturated heterocycles. The molecule has 0 aliphatic carbocycles. The van der Waals surface area contributed by atoms with Crippen LogP contribution in [0.3, 0.4) is 0 Å².